The highest BCUT2D eigenvalue weighted by molar-refractivity contribution is 5.56. The number of rotatable bonds is 7. The Hall–Kier alpha value is -3.32. The van der Waals surface area contributed by atoms with Gasteiger partial charge in [0, 0.05) is 28.4 Å². The second-order valence-electron chi connectivity index (χ2n) is 9.32. The first-order valence-electron chi connectivity index (χ1n) is 12.0. The second kappa shape index (κ2) is 9.67. The molecule has 3 atom stereocenters. The van der Waals surface area contributed by atoms with Crippen LogP contribution in [0.25, 0.3) is 0 Å². The third-order valence-electron chi connectivity index (χ3n) is 7.44. The molecule has 0 fully saturated rings. The van der Waals surface area contributed by atoms with E-state index < -0.39 is 0 Å². The van der Waals surface area contributed by atoms with Gasteiger partial charge in [0.15, 0.2) is 0 Å². The fourth-order valence-corrected chi connectivity index (χ4v) is 4.89. The van der Waals surface area contributed by atoms with E-state index in [4.69, 9.17) is 0 Å². The average Bonchev–Trinajstić information content (AvgIpc) is 2.89. The molecule has 0 bridgehead atoms. The largest absolute Gasteiger partial charge is 0.507 e. The molecule has 4 aromatic carbocycles. The first kappa shape index (κ1) is 22.9. The van der Waals surface area contributed by atoms with E-state index in [1.54, 1.807) is 0 Å². The number of hydrogen-bond donors (Lipinski definition) is 1. The summed E-state index contributed by atoms with van der Waals surface area (Å²) in [7, 11) is 0. The van der Waals surface area contributed by atoms with Crippen molar-refractivity contribution in [1.82, 2.24) is 0 Å². The van der Waals surface area contributed by atoms with Crippen LogP contribution >= 0.6 is 0 Å². The molecular weight excluding hydrogens is 400 g/mol. The Labute approximate surface area is 198 Å². The predicted molar refractivity (Wildman–Crippen MR) is 139 cm³/mol. The third kappa shape index (κ3) is 4.46. The zero-order valence-electron chi connectivity index (χ0n) is 20.1. The molecule has 33 heavy (non-hydrogen) atoms. The van der Waals surface area contributed by atoms with Gasteiger partial charge in [-0.2, -0.15) is 0 Å². The highest BCUT2D eigenvalue weighted by Gasteiger charge is 2.32. The van der Waals surface area contributed by atoms with Crippen LogP contribution in [0.3, 0.4) is 0 Å². The fraction of sp³-hybridized carbons (Fsp3) is 0.250. The Kier molecular flexibility index (Phi) is 6.70. The van der Waals surface area contributed by atoms with E-state index in [-0.39, 0.29) is 17.3 Å². The topological polar surface area (TPSA) is 20.2 Å². The quantitative estimate of drug-likeness (QED) is 0.309. The highest BCUT2D eigenvalue weighted by atomic mass is 16.3. The number of phenols is 1. The number of hydrogen-bond acceptors (Lipinski definition) is 1. The van der Waals surface area contributed by atoms with Gasteiger partial charge in [0.1, 0.15) is 5.75 Å². The van der Waals surface area contributed by atoms with Crippen LogP contribution in [0.2, 0.25) is 0 Å². The minimum absolute atomic E-state index is 0.0877. The molecule has 0 heterocycles. The molecule has 0 aliphatic heterocycles. The van der Waals surface area contributed by atoms with Crippen LogP contribution in [-0.2, 0) is 5.41 Å². The number of aromatic hydroxyl groups is 1. The summed E-state index contributed by atoms with van der Waals surface area (Å²) in [5, 5.41) is 11.7. The van der Waals surface area contributed by atoms with E-state index in [0.29, 0.717) is 5.75 Å². The SMILES string of the molecule is CCC(C)(c1ccccc1)c1cc(C(C)c2ccccc2)cc(C(C)c2ccccc2)c1O. The Bertz CT molecular complexity index is 1180. The summed E-state index contributed by atoms with van der Waals surface area (Å²) in [4.78, 5) is 0. The molecule has 1 heteroatoms. The normalized spacial score (nSPS) is 14.9. The van der Waals surface area contributed by atoms with Crippen molar-refractivity contribution in [2.45, 2.75) is 51.4 Å². The van der Waals surface area contributed by atoms with Crippen LogP contribution in [0.5, 0.6) is 5.75 Å². The predicted octanol–water partition coefficient (Wildman–Crippen LogP) is 8.41. The zero-order chi connectivity index (χ0) is 23.4. The minimum atomic E-state index is -0.289. The zero-order valence-corrected chi connectivity index (χ0v) is 20.1. The van der Waals surface area contributed by atoms with E-state index >= 15 is 0 Å². The van der Waals surface area contributed by atoms with Crippen LogP contribution in [0, 0.1) is 0 Å². The lowest BCUT2D eigenvalue weighted by Gasteiger charge is -2.33. The maximum Gasteiger partial charge on any atom is 0.123 e. The summed E-state index contributed by atoms with van der Waals surface area (Å²) in [5.74, 6) is 0.734. The maximum absolute atomic E-state index is 11.7. The molecule has 0 saturated carbocycles. The molecule has 0 aliphatic rings. The summed E-state index contributed by atoms with van der Waals surface area (Å²) < 4.78 is 0. The van der Waals surface area contributed by atoms with Crippen LogP contribution < -0.4 is 0 Å². The fourth-order valence-electron chi connectivity index (χ4n) is 4.89. The van der Waals surface area contributed by atoms with Crippen molar-refractivity contribution >= 4 is 0 Å². The lowest BCUT2D eigenvalue weighted by atomic mass is 9.71. The summed E-state index contributed by atoms with van der Waals surface area (Å²) >= 11 is 0. The van der Waals surface area contributed by atoms with Crippen molar-refractivity contribution in [3.8, 4) is 5.75 Å². The van der Waals surface area contributed by atoms with E-state index in [0.717, 1.165) is 17.5 Å². The van der Waals surface area contributed by atoms with Crippen molar-refractivity contribution in [2.24, 2.45) is 0 Å². The van der Waals surface area contributed by atoms with Gasteiger partial charge in [-0.05, 0) is 28.7 Å². The highest BCUT2D eigenvalue weighted by Crippen LogP contribution is 2.46. The Balaban J connectivity index is 1.94. The number of benzene rings is 4. The van der Waals surface area contributed by atoms with Gasteiger partial charge in [0.2, 0.25) is 0 Å². The lowest BCUT2D eigenvalue weighted by Crippen LogP contribution is -2.24. The minimum Gasteiger partial charge on any atom is -0.507 e. The van der Waals surface area contributed by atoms with Gasteiger partial charge in [0.05, 0.1) is 0 Å². The van der Waals surface area contributed by atoms with Crippen LogP contribution in [0.4, 0.5) is 0 Å². The maximum atomic E-state index is 11.7. The van der Waals surface area contributed by atoms with Gasteiger partial charge in [0.25, 0.3) is 0 Å². The summed E-state index contributed by atoms with van der Waals surface area (Å²) in [5.41, 5.74) is 6.67. The van der Waals surface area contributed by atoms with Gasteiger partial charge in [-0.25, -0.2) is 0 Å². The standard InChI is InChI=1S/C32H34O/c1-5-32(4,28-19-13-8-14-20-28)30-22-27(23(2)25-15-9-6-10-16-25)21-29(31(30)33)24(3)26-17-11-7-12-18-26/h6-24,33H,5H2,1-4H3. The van der Waals surface area contributed by atoms with E-state index in [1.165, 1.54) is 22.3 Å². The third-order valence-corrected chi connectivity index (χ3v) is 7.44. The average molecular weight is 435 g/mol. The molecule has 0 amide bonds. The molecule has 4 rings (SSSR count). The van der Waals surface area contributed by atoms with Gasteiger partial charge < -0.3 is 5.11 Å². The van der Waals surface area contributed by atoms with E-state index in [2.05, 4.69) is 125 Å². The number of phenolic OH excluding ortho intramolecular Hbond substituents is 1. The van der Waals surface area contributed by atoms with Gasteiger partial charge in [-0.1, -0.05) is 131 Å². The van der Waals surface area contributed by atoms with Crippen LogP contribution in [0.15, 0.2) is 103 Å². The Morgan fingerprint density at radius 2 is 1.15 bits per heavy atom. The molecule has 3 unspecified atom stereocenters. The lowest BCUT2D eigenvalue weighted by molar-refractivity contribution is 0.433. The molecular formula is C32H34O. The van der Waals surface area contributed by atoms with Crippen molar-refractivity contribution in [3.63, 3.8) is 0 Å². The first-order chi connectivity index (χ1) is 16.0. The molecule has 0 saturated heterocycles. The Morgan fingerprint density at radius 3 is 1.67 bits per heavy atom. The van der Waals surface area contributed by atoms with Crippen molar-refractivity contribution in [3.05, 3.63) is 137 Å². The van der Waals surface area contributed by atoms with Crippen LogP contribution in [0.1, 0.15) is 79.3 Å². The smallest absolute Gasteiger partial charge is 0.123 e. The van der Waals surface area contributed by atoms with Gasteiger partial charge in [-0.15, -0.1) is 0 Å². The van der Waals surface area contributed by atoms with E-state index in [9.17, 15) is 5.11 Å². The van der Waals surface area contributed by atoms with Crippen molar-refractivity contribution in [2.75, 3.05) is 0 Å². The summed E-state index contributed by atoms with van der Waals surface area (Å²) in [6, 6.07) is 36.1. The first-order valence-corrected chi connectivity index (χ1v) is 12.0. The molecule has 4 aromatic rings. The van der Waals surface area contributed by atoms with Gasteiger partial charge >= 0.3 is 0 Å². The molecule has 1 nitrogen and oxygen atoms in total. The molecule has 168 valence electrons. The van der Waals surface area contributed by atoms with Crippen molar-refractivity contribution in [1.29, 1.82) is 0 Å². The summed E-state index contributed by atoms with van der Waals surface area (Å²) in [6.07, 6.45) is 0.896. The monoisotopic (exact) mass is 434 g/mol. The summed E-state index contributed by atoms with van der Waals surface area (Å²) in [6.45, 7) is 8.91. The van der Waals surface area contributed by atoms with Crippen molar-refractivity contribution < 1.29 is 5.11 Å². The molecule has 1 N–H and O–H groups in total. The van der Waals surface area contributed by atoms with E-state index in [1.807, 2.05) is 6.07 Å². The molecule has 0 aromatic heterocycles. The molecule has 0 radical (unpaired) electrons. The Morgan fingerprint density at radius 1 is 0.667 bits per heavy atom. The second-order valence-corrected chi connectivity index (χ2v) is 9.32. The van der Waals surface area contributed by atoms with Crippen LogP contribution in [-0.4, -0.2) is 5.11 Å². The van der Waals surface area contributed by atoms with Gasteiger partial charge in [-0.3, -0.25) is 0 Å². The molecule has 0 aliphatic carbocycles. The molecule has 0 spiro atoms.